The Kier molecular flexibility index (Phi) is 10.7. The number of sulfone groups is 1. The number of ether oxygens (including phenoxy) is 1. The average Bonchev–Trinajstić information content (AvgIpc) is 3.56. The van der Waals surface area contributed by atoms with Gasteiger partial charge in [-0.25, -0.2) is 37.1 Å². The molecule has 3 aromatic heterocycles. The summed E-state index contributed by atoms with van der Waals surface area (Å²) in [6.07, 6.45) is 4.25. The van der Waals surface area contributed by atoms with Crippen molar-refractivity contribution in [3.05, 3.63) is 118 Å². The van der Waals surface area contributed by atoms with E-state index < -0.39 is 15.7 Å². The summed E-state index contributed by atoms with van der Waals surface area (Å²) in [5, 5.41) is 6.94. The molecule has 3 aromatic carbocycles. The van der Waals surface area contributed by atoms with Gasteiger partial charge in [0.15, 0.2) is 14.9 Å². The first-order valence-corrected chi connectivity index (χ1v) is 18.2. The second-order valence-corrected chi connectivity index (χ2v) is 14.7. The summed E-state index contributed by atoms with van der Waals surface area (Å²) < 4.78 is 59.7. The van der Waals surface area contributed by atoms with Crippen LogP contribution in [0.25, 0.3) is 22.2 Å². The van der Waals surface area contributed by atoms with Gasteiger partial charge in [0.05, 0.1) is 27.0 Å². The molecule has 9 nitrogen and oxygen atoms in total. The van der Waals surface area contributed by atoms with Gasteiger partial charge in [-0.1, -0.05) is 29.8 Å². The van der Waals surface area contributed by atoms with E-state index in [2.05, 4.69) is 20.3 Å². The molecule has 0 radical (unpaired) electrons. The van der Waals surface area contributed by atoms with Crippen LogP contribution in [0.3, 0.4) is 0 Å². The Morgan fingerprint density at radius 3 is 2.65 bits per heavy atom. The van der Waals surface area contributed by atoms with Gasteiger partial charge in [-0.3, -0.25) is 0 Å². The Balaban J connectivity index is 1.09. The number of anilines is 2. The van der Waals surface area contributed by atoms with Gasteiger partial charge in [-0.15, -0.1) is 11.3 Å². The third-order valence-electron chi connectivity index (χ3n) is 7.66. The van der Waals surface area contributed by atoms with Crippen LogP contribution < -0.4 is 10.1 Å². The quantitative estimate of drug-likeness (QED) is 0.121. The van der Waals surface area contributed by atoms with E-state index in [-0.39, 0.29) is 23.2 Å². The molecule has 49 heavy (non-hydrogen) atoms. The van der Waals surface area contributed by atoms with Crippen molar-refractivity contribution in [2.24, 2.45) is 0 Å². The topological polar surface area (TPSA) is 110 Å². The normalized spacial score (nSPS) is 11.7. The van der Waals surface area contributed by atoms with Crippen LogP contribution in [0.5, 0.6) is 5.75 Å². The minimum atomic E-state index is -3.45. The fourth-order valence-corrected chi connectivity index (χ4v) is 7.41. The first-order chi connectivity index (χ1) is 23.6. The van der Waals surface area contributed by atoms with Gasteiger partial charge in [0.1, 0.15) is 36.1 Å². The van der Waals surface area contributed by atoms with Gasteiger partial charge in [-0.05, 0) is 74.1 Å². The van der Waals surface area contributed by atoms with Crippen molar-refractivity contribution < 1.29 is 21.9 Å². The Morgan fingerprint density at radius 2 is 1.86 bits per heavy atom. The maximum Gasteiger partial charge on any atom is 0.196 e. The second kappa shape index (κ2) is 15.3. The number of hydrogen-bond donors (Lipinski definition) is 1. The number of halogens is 3. The average molecular weight is 721 g/mol. The maximum atomic E-state index is 15.3. The molecule has 1 N–H and O–H groups in total. The minimum Gasteiger partial charge on any atom is -0.487 e. The summed E-state index contributed by atoms with van der Waals surface area (Å²) in [6, 6.07) is 19.2. The summed E-state index contributed by atoms with van der Waals surface area (Å²) >= 11 is 7.94. The largest absolute Gasteiger partial charge is 0.487 e. The van der Waals surface area contributed by atoms with Crippen molar-refractivity contribution in [3.8, 4) is 17.0 Å². The van der Waals surface area contributed by atoms with Crippen LogP contribution >= 0.6 is 22.9 Å². The molecule has 0 aliphatic carbocycles. The second-order valence-electron chi connectivity index (χ2n) is 11.3. The van der Waals surface area contributed by atoms with Crippen LogP contribution in [0.2, 0.25) is 5.02 Å². The van der Waals surface area contributed by atoms with Crippen LogP contribution in [0.15, 0.2) is 95.7 Å². The predicted octanol–water partition coefficient (Wildman–Crippen LogP) is 7.74. The number of aryl methyl sites for hydroxylation is 1. The van der Waals surface area contributed by atoms with Crippen LogP contribution in [-0.4, -0.2) is 59.1 Å². The molecule has 3 heterocycles. The molecule has 0 aliphatic rings. The number of aromatic nitrogens is 4. The smallest absolute Gasteiger partial charge is 0.196 e. The lowest BCUT2D eigenvalue weighted by atomic mass is 10.1. The highest BCUT2D eigenvalue weighted by molar-refractivity contribution is 7.91. The zero-order valence-electron chi connectivity index (χ0n) is 26.3. The molecule has 6 rings (SSSR count). The SMILES string of the molecule is CN(CCCc1nc(-c2cc3c(Nc4ccc(OCc5cccc(F)c5)c(Cl)c4)ncnc3cc2F)cs1)CCS(=O)(=O)c1ccccn1. The van der Waals surface area contributed by atoms with E-state index in [0.29, 0.717) is 69.5 Å². The molecule has 0 fully saturated rings. The highest BCUT2D eigenvalue weighted by atomic mass is 35.5. The highest BCUT2D eigenvalue weighted by Gasteiger charge is 2.17. The molecule has 0 unspecified atom stereocenters. The molecule has 0 spiro atoms. The summed E-state index contributed by atoms with van der Waals surface area (Å²) in [4.78, 5) is 19.3. The van der Waals surface area contributed by atoms with Gasteiger partial charge < -0.3 is 15.0 Å². The van der Waals surface area contributed by atoms with Crippen molar-refractivity contribution in [1.82, 2.24) is 24.8 Å². The van der Waals surface area contributed by atoms with Gasteiger partial charge in [0.2, 0.25) is 0 Å². The van der Waals surface area contributed by atoms with E-state index in [4.69, 9.17) is 21.3 Å². The number of rotatable bonds is 14. The van der Waals surface area contributed by atoms with Gasteiger partial charge in [-0.2, -0.15) is 0 Å². The Morgan fingerprint density at radius 1 is 0.980 bits per heavy atom. The molecular formula is C35H31ClF2N6O3S2. The molecular weight excluding hydrogens is 690 g/mol. The van der Waals surface area contributed by atoms with Crippen LogP contribution in [-0.2, 0) is 22.9 Å². The fourth-order valence-electron chi connectivity index (χ4n) is 5.07. The van der Waals surface area contributed by atoms with Crippen molar-refractivity contribution in [2.75, 3.05) is 31.2 Å². The third kappa shape index (κ3) is 8.73. The van der Waals surface area contributed by atoms with Crippen molar-refractivity contribution in [3.63, 3.8) is 0 Å². The molecule has 0 aliphatic heterocycles. The van der Waals surface area contributed by atoms with E-state index in [9.17, 15) is 12.8 Å². The van der Waals surface area contributed by atoms with E-state index in [1.807, 2.05) is 17.3 Å². The summed E-state index contributed by atoms with van der Waals surface area (Å²) in [7, 11) is -1.57. The predicted molar refractivity (Wildman–Crippen MR) is 188 cm³/mol. The molecule has 6 aromatic rings. The van der Waals surface area contributed by atoms with E-state index in [1.165, 1.54) is 48.1 Å². The van der Waals surface area contributed by atoms with E-state index in [1.54, 1.807) is 48.5 Å². The maximum absolute atomic E-state index is 15.3. The zero-order valence-corrected chi connectivity index (χ0v) is 28.7. The van der Waals surface area contributed by atoms with Crippen LogP contribution in [0.1, 0.15) is 17.0 Å². The highest BCUT2D eigenvalue weighted by Crippen LogP contribution is 2.34. The van der Waals surface area contributed by atoms with Gasteiger partial charge in [0, 0.05) is 47.2 Å². The molecule has 0 atom stereocenters. The van der Waals surface area contributed by atoms with E-state index >= 15 is 4.39 Å². The summed E-state index contributed by atoms with van der Waals surface area (Å²) in [5.41, 5.74) is 2.56. The van der Waals surface area contributed by atoms with Crippen LogP contribution in [0.4, 0.5) is 20.3 Å². The standard InChI is InChI=1S/C35H31ClF2N6O3S2/c1-44(14-15-49(45,46)34-9-2-3-12-39-34)13-5-8-33-43-31(21-48-33)26-18-27-30(19-29(26)38)40-22-41-35(27)42-25-10-11-32(28(36)17-25)47-20-23-6-4-7-24(37)16-23/h2-4,6-7,9-12,16-19,21-22H,5,8,13-15,20H2,1H3,(H,40,41,42). The van der Waals surface area contributed by atoms with E-state index in [0.717, 1.165) is 11.4 Å². The van der Waals surface area contributed by atoms with Crippen molar-refractivity contribution in [1.29, 1.82) is 0 Å². The molecule has 0 saturated carbocycles. The Labute approximate surface area is 291 Å². The number of hydrogen-bond acceptors (Lipinski definition) is 10. The Hall–Kier alpha value is -4.56. The van der Waals surface area contributed by atoms with Gasteiger partial charge >= 0.3 is 0 Å². The number of thiazole rings is 1. The number of nitrogens with one attached hydrogen (secondary N) is 1. The molecule has 252 valence electrons. The number of pyridine rings is 1. The monoisotopic (exact) mass is 720 g/mol. The number of nitrogens with zero attached hydrogens (tertiary/aromatic N) is 5. The first kappa shape index (κ1) is 34.3. The lowest BCUT2D eigenvalue weighted by Gasteiger charge is -2.15. The summed E-state index contributed by atoms with van der Waals surface area (Å²) in [5.74, 6) is 0.0828. The molecule has 0 amide bonds. The number of fused-ring (bicyclic) bond motifs is 1. The molecule has 14 heteroatoms. The zero-order chi connectivity index (χ0) is 34.4. The van der Waals surface area contributed by atoms with Crippen molar-refractivity contribution >= 4 is 55.2 Å². The first-order valence-electron chi connectivity index (χ1n) is 15.3. The number of benzene rings is 3. The minimum absolute atomic E-state index is 0.0194. The third-order valence-corrected chi connectivity index (χ3v) is 10.5. The fraction of sp³-hybridized carbons (Fsp3) is 0.200. The lowest BCUT2D eigenvalue weighted by molar-refractivity contribution is 0.306. The molecule has 0 saturated heterocycles. The lowest BCUT2D eigenvalue weighted by Crippen LogP contribution is -2.27. The van der Waals surface area contributed by atoms with Crippen molar-refractivity contribution in [2.45, 2.75) is 24.5 Å². The van der Waals surface area contributed by atoms with Gasteiger partial charge in [0.25, 0.3) is 0 Å². The summed E-state index contributed by atoms with van der Waals surface area (Å²) in [6.45, 7) is 1.21. The van der Waals surface area contributed by atoms with Crippen LogP contribution in [0, 0.1) is 11.6 Å². The molecule has 0 bridgehead atoms. The Bertz CT molecular complexity index is 2190.